The number of carbonyl (C=O) groups is 1. The molecule has 1 amide bonds. The van der Waals surface area contributed by atoms with Crippen molar-refractivity contribution in [3.63, 3.8) is 0 Å². The Balaban J connectivity index is 2.30. The molecule has 1 heterocycles. The monoisotopic (exact) mass is 280 g/mol. The lowest BCUT2D eigenvalue weighted by Gasteiger charge is -2.30. The van der Waals surface area contributed by atoms with Crippen LogP contribution in [0.15, 0.2) is 23.1 Å². The molecule has 104 valence electrons. The number of thioether (sulfide) groups is 1. The zero-order chi connectivity index (χ0) is 14.0. The van der Waals surface area contributed by atoms with Crippen molar-refractivity contribution in [3.8, 4) is 0 Å². The summed E-state index contributed by atoms with van der Waals surface area (Å²) in [6.45, 7) is 3.25. The lowest BCUT2D eigenvalue weighted by Crippen LogP contribution is -2.40. The number of fused-ring (bicyclic) bond motifs is 1. The molecule has 1 unspecified atom stereocenters. The lowest BCUT2D eigenvalue weighted by molar-refractivity contribution is -0.116. The molecule has 1 aliphatic heterocycles. The predicted molar refractivity (Wildman–Crippen MR) is 78.7 cm³/mol. The third-order valence-corrected chi connectivity index (χ3v) is 4.23. The number of hydrogen-bond donors (Lipinski definition) is 1. The van der Waals surface area contributed by atoms with Gasteiger partial charge >= 0.3 is 0 Å². The molecule has 0 aromatic heterocycles. The maximum absolute atomic E-state index is 12.1. The molecule has 19 heavy (non-hydrogen) atoms. The lowest BCUT2D eigenvalue weighted by atomic mass is 10.1. The maximum Gasteiger partial charge on any atom is 0.237 e. The van der Waals surface area contributed by atoms with Crippen molar-refractivity contribution in [1.29, 1.82) is 0 Å². The summed E-state index contributed by atoms with van der Waals surface area (Å²) < 4.78 is 0. The Morgan fingerprint density at radius 1 is 1.47 bits per heavy atom. The van der Waals surface area contributed by atoms with E-state index >= 15 is 0 Å². The highest BCUT2D eigenvalue weighted by Crippen LogP contribution is 2.36. The number of rotatable bonds is 4. The highest BCUT2D eigenvalue weighted by atomic mass is 32.2. The molecule has 0 aliphatic carbocycles. The molecular formula is C14H20N2O2S. The molecule has 0 fully saturated rings. The van der Waals surface area contributed by atoms with Gasteiger partial charge in [-0.15, -0.1) is 11.8 Å². The number of likely N-dealkylation sites (N-methyl/N-ethyl adjacent to an activating group) is 1. The third-order valence-electron chi connectivity index (χ3n) is 3.18. The minimum absolute atomic E-state index is 0.141. The largest absolute Gasteiger partial charge is 0.389 e. The molecule has 0 spiro atoms. The number of anilines is 1. The zero-order valence-corrected chi connectivity index (χ0v) is 12.4. The molecule has 1 aromatic carbocycles. The second kappa shape index (κ2) is 5.94. The van der Waals surface area contributed by atoms with Crippen LogP contribution < -0.4 is 4.90 Å². The van der Waals surface area contributed by atoms with Gasteiger partial charge in [-0.05, 0) is 38.7 Å². The normalized spacial score (nSPS) is 16.7. The van der Waals surface area contributed by atoms with Gasteiger partial charge in [0.2, 0.25) is 5.91 Å². The van der Waals surface area contributed by atoms with Crippen LogP contribution in [-0.2, 0) is 4.79 Å². The van der Waals surface area contributed by atoms with Gasteiger partial charge in [-0.3, -0.25) is 4.79 Å². The smallest absolute Gasteiger partial charge is 0.237 e. The molecule has 1 aromatic rings. The molecule has 2 rings (SSSR count). The molecular weight excluding hydrogens is 260 g/mol. The maximum atomic E-state index is 12.1. The number of benzene rings is 1. The average molecular weight is 280 g/mol. The molecule has 1 aliphatic rings. The van der Waals surface area contributed by atoms with E-state index in [1.54, 1.807) is 18.7 Å². The van der Waals surface area contributed by atoms with Crippen molar-refractivity contribution in [1.82, 2.24) is 4.90 Å². The average Bonchev–Trinajstić information content (AvgIpc) is 2.36. The summed E-state index contributed by atoms with van der Waals surface area (Å²) >= 11 is 1.57. The quantitative estimate of drug-likeness (QED) is 0.912. The van der Waals surface area contributed by atoms with Crippen LogP contribution in [0.25, 0.3) is 0 Å². The summed E-state index contributed by atoms with van der Waals surface area (Å²) in [6, 6.07) is 5.85. The number of hydrogen-bond acceptors (Lipinski definition) is 4. The number of nitrogens with zero attached hydrogens (tertiary/aromatic N) is 2. The van der Waals surface area contributed by atoms with Crippen LogP contribution >= 0.6 is 11.8 Å². The first-order valence-corrected chi connectivity index (χ1v) is 7.37. The van der Waals surface area contributed by atoms with E-state index in [0.29, 0.717) is 12.3 Å². The summed E-state index contributed by atoms with van der Waals surface area (Å²) in [5.74, 6) is 0.635. The van der Waals surface area contributed by atoms with Crippen LogP contribution in [0.5, 0.6) is 0 Å². The first-order valence-electron chi connectivity index (χ1n) is 6.39. The minimum Gasteiger partial charge on any atom is -0.389 e. The summed E-state index contributed by atoms with van der Waals surface area (Å²) in [4.78, 5) is 17.1. The van der Waals surface area contributed by atoms with Crippen LogP contribution in [0.3, 0.4) is 0 Å². The summed E-state index contributed by atoms with van der Waals surface area (Å²) in [5.41, 5.74) is 1.78. The number of aliphatic hydroxyl groups is 1. The Morgan fingerprint density at radius 2 is 2.21 bits per heavy atom. The van der Waals surface area contributed by atoms with E-state index in [0.717, 1.165) is 22.7 Å². The van der Waals surface area contributed by atoms with Gasteiger partial charge in [0, 0.05) is 18.0 Å². The molecule has 1 atom stereocenters. The third kappa shape index (κ3) is 3.29. The molecule has 0 saturated carbocycles. The van der Waals surface area contributed by atoms with Gasteiger partial charge in [-0.2, -0.15) is 0 Å². The number of aliphatic hydroxyl groups excluding tert-OH is 1. The Labute approximate surface area is 118 Å². The van der Waals surface area contributed by atoms with Crippen LogP contribution in [-0.4, -0.2) is 48.9 Å². The van der Waals surface area contributed by atoms with Crippen LogP contribution in [0, 0.1) is 0 Å². The van der Waals surface area contributed by atoms with Crippen molar-refractivity contribution < 1.29 is 9.90 Å². The van der Waals surface area contributed by atoms with Gasteiger partial charge in [-0.25, -0.2) is 0 Å². The van der Waals surface area contributed by atoms with Crippen molar-refractivity contribution in [2.75, 3.05) is 37.8 Å². The standard InChI is InChI=1S/C14H20N2O2S/c1-10(17)11-4-5-13-12(8-11)16(7-6-15(2)3)14(18)9-19-13/h4-5,8,10,17H,6-7,9H2,1-3H3. The first-order chi connectivity index (χ1) is 8.99. The first kappa shape index (κ1) is 14.4. The van der Waals surface area contributed by atoms with E-state index in [4.69, 9.17) is 0 Å². The number of amides is 1. The van der Waals surface area contributed by atoms with Gasteiger partial charge in [0.15, 0.2) is 0 Å². The number of carbonyl (C=O) groups excluding carboxylic acids is 1. The second-order valence-corrected chi connectivity index (χ2v) is 6.06. The predicted octanol–water partition coefficient (Wildman–Crippen LogP) is 1.74. The zero-order valence-electron chi connectivity index (χ0n) is 11.6. The van der Waals surface area contributed by atoms with Gasteiger partial charge in [0.1, 0.15) is 0 Å². The van der Waals surface area contributed by atoms with E-state index in [1.807, 2.05) is 37.2 Å². The molecule has 0 radical (unpaired) electrons. The van der Waals surface area contributed by atoms with Crippen LogP contribution in [0.4, 0.5) is 5.69 Å². The molecule has 0 bridgehead atoms. The highest BCUT2D eigenvalue weighted by Gasteiger charge is 2.25. The van der Waals surface area contributed by atoms with Gasteiger partial charge < -0.3 is 14.9 Å². The fourth-order valence-electron chi connectivity index (χ4n) is 2.02. The van der Waals surface area contributed by atoms with Crippen molar-refractivity contribution in [3.05, 3.63) is 23.8 Å². The van der Waals surface area contributed by atoms with E-state index in [9.17, 15) is 9.90 Å². The summed E-state index contributed by atoms with van der Waals surface area (Å²) in [7, 11) is 3.99. The van der Waals surface area contributed by atoms with Crippen molar-refractivity contribution >= 4 is 23.4 Å². The van der Waals surface area contributed by atoms with E-state index in [2.05, 4.69) is 4.90 Å². The Morgan fingerprint density at radius 3 is 2.84 bits per heavy atom. The Kier molecular flexibility index (Phi) is 4.50. The van der Waals surface area contributed by atoms with Crippen molar-refractivity contribution in [2.24, 2.45) is 0 Å². The molecule has 0 saturated heterocycles. The van der Waals surface area contributed by atoms with E-state index in [-0.39, 0.29) is 5.91 Å². The molecule has 5 heteroatoms. The van der Waals surface area contributed by atoms with Crippen LogP contribution in [0.1, 0.15) is 18.6 Å². The SMILES string of the molecule is CC(O)c1ccc2c(c1)N(CCN(C)C)C(=O)CS2. The topological polar surface area (TPSA) is 43.8 Å². The van der Waals surface area contributed by atoms with Crippen molar-refractivity contribution in [2.45, 2.75) is 17.9 Å². The molecule has 1 N–H and O–H groups in total. The van der Waals surface area contributed by atoms with Gasteiger partial charge in [-0.1, -0.05) is 6.07 Å². The minimum atomic E-state index is -0.511. The van der Waals surface area contributed by atoms with Gasteiger partial charge in [0.05, 0.1) is 17.5 Å². The van der Waals surface area contributed by atoms with Crippen LogP contribution in [0.2, 0.25) is 0 Å². The Bertz CT molecular complexity index is 475. The fourth-order valence-corrected chi connectivity index (χ4v) is 2.94. The van der Waals surface area contributed by atoms with E-state index in [1.165, 1.54) is 0 Å². The van der Waals surface area contributed by atoms with E-state index < -0.39 is 6.10 Å². The highest BCUT2D eigenvalue weighted by molar-refractivity contribution is 8.00. The summed E-state index contributed by atoms with van der Waals surface area (Å²) in [6.07, 6.45) is -0.511. The second-order valence-electron chi connectivity index (χ2n) is 5.04. The molecule has 4 nitrogen and oxygen atoms in total. The Hall–Kier alpha value is -1.04. The summed E-state index contributed by atoms with van der Waals surface area (Å²) in [5, 5.41) is 9.68. The fraction of sp³-hybridized carbons (Fsp3) is 0.500. The van der Waals surface area contributed by atoms with Gasteiger partial charge in [0.25, 0.3) is 0 Å².